The highest BCUT2D eigenvalue weighted by Crippen LogP contribution is 2.29. The Morgan fingerprint density at radius 3 is 2.72 bits per heavy atom. The summed E-state index contributed by atoms with van der Waals surface area (Å²) in [5, 5.41) is 7.99. The number of rotatable bonds is 4. The van der Waals surface area contributed by atoms with E-state index in [-0.39, 0.29) is 0 Å². The van der Waals surface area contributed by atoms with E-state index in [4.69, 9.17) is 10.5 Å². The Labute approximate surface area is 107 Å². The smallest absolute Gasteiger partial charge is 0.123 e. The number of methoxy groups -OCH3 is 1. The van der Waals surface area contributed by atoms with Crippen LogP contribution < -0.4 is 10.5 Å². The second kappa shape index (κ2) is 4.78. The Balaban J connectivity index is 2.29. The van der Waals surface area contributed by atoms with E-state index in [2.05, 4.69) is 10.3 Å². The third kappa shape index (κ3) is 2.51. The molecule has 0 saturated carbocycles. The monoisotopic (exact) mass is 246 g/mol. The predicted molar refractivity (Wildman–Crippen MR) is 69.2 cm³/mol. The third-order valence-electron chi connectivity index (χ3n) is 2.92. The van der Waals surface area contributed by atoms with E-state index in [1.54, 1.807) is 11.8 Å². The molecule has 1 aromatic heterocycles. The number of nitrogens with zero attached hydrogens (tertiary/aromatic N) is 3. The fourth-order valence-corrected chi connectivity index (χ4v) is 2.06. The summed E-state index contributed by atoms with van der Waals surface area (Å²) in [6, 6.07) is 7.78. The summed E-state index contributed by atoms with van der Waals surface area (Å²) in [5.74, 6) is 0.798. The number of nitrogens with two attached hydrogens (primary N) is 1. The van der Waals surface area contributed by atoms with E-state index in [1.165, 1.54) is 0 Å². The lowest BCUT2D eigenvalue weighted by Crippen LogP contribution is -2.36. The molecule has 0 saturated heterocycles. The van der Waals surface area contributed by atoms with Gasteiger partial charge in [0.25, 0.3) is 0 Å². The van der Waals surface area contributed by atoms with Crippen LogP contribution in [0.5, 0.6) is 5.75 Å². The molecule has 0 bridgehead atoms. The lowest BCUT2D eigenvalue weighted by Gasteiger charge is -2.26. The number of hydrogen-bond acceptors (Lipinski definition) is 4. The molecule has 5 nitrogen and oxygen atoms in total. The van der Waals surface area contributed by atoms with Crippen molar-refractivity contribution in [2.75, 3.05) is 7.11 Å². The standard InChI is InChI=1S/C13H18N4O/c1-13(14,8-10-9-17(2)16-15-10)11-6-4-5-7-12(11)18-3/h4-7,9H,8,14H2,1-3H3. The summed E-state index contributed by atoms with van der Waals surface area (Å²) in [5.41, 5.74) is 7.70. The molecule has 0 radical (unpaired) electrons. The normalized spacial score (nSPS) is 14.2. The van der Waals surface area contributed by atoms with Gasteiger partial charge in [-0.15, -0.1) is 5.10 Å². The van der Waals surface area contributed by atoms with Crippen LogP contribution in [0.3, 0.4) is 0 Å². The molecule has 2 aromatic rings. The second-order valence-corrected chi connectivity index (χ2v) is 4.68. The van der Waals surface area contributed by atoms with E-state index >= 15 is 0 Å². The van der Waals surface area contributed by atoms with Crippen molar-refractivity contribution >= 4 is 0 Å². The van der Waals surface area contributed by atoms with Crippen LogP contribution in [0.2, 0.25) is 0 Å². The van der Waals surface area contributed by atoms with Crippen LogP contribution in [0.15, 0.2) is 30.5 Å². The van der Waals surface area contributed by atoms with E-state index in [1.807, 2.05) is 44.4 Å². The van der Waals surface area contributed by atoms with Crippen LogP contribution in [-0.2, 0) is 19.0 Å². The molecule has 1 aromatic carbocycles. The van der Waals surface area contributed by atoms with Gasteiger partial charge in [-0.25, -0.2) is 0 Å². The van der Waals surface area contributed by atoms with E-state index in [0.717, 1.165) is 17.0 Å². The van der Waals surface area contributed by atoms with Gasteiger partial charge >= 0.3 is 0 Å². The topological polar surface area (TPSA) is 66.0 Å². The zero-order chi connectivity index (χ0) is 13.2. The van der Waals surface area contributed by atoms with Crippen molar-refractivity contribution in [3.8, 4) is 5.75 Å². The Morgan fingerprint density at radius 1 is 1.39 bits per heavy atom. The van der Waals surface area contributed by atoms with Gasteiger partial charge in [-0.1, -0.05) is 23.4 Å². The van der Waals surface area contributed by atoms with Gasteiger partial charge in [-0.3, -0.25) is 4.68 Å². The van der Waals surface area contributed by atoms with Crippen LogP contribution in [-0.4, -0.2) is 22.1 Å². The number of para-hydroxylation sites is 1. The molecular weight excluding hydrogens is 228 g/mol. The minimum Gasteiger partial charge on any atom is -0.496 e. The maximum Gasteiger partial charge on any atom is 0.123 e. The van der Waals surface area contributed by atoms with Crippen molar-refractivity contribution < 1.29 is 4.74 Å². The summed E-state index contributed by atoms with van der Waals surface area (Å²) in [7, 11) is 3.49. The Kier molecular flexibility index (Phi) is 3.34. The average Bonchev–Trinajstić information content (AvgIpc) is 2.74. The average molecular weight is 246 g/mol. The molecule has 0 aliphatic rings. The van der Waals surface area contributed by atoms with Crippen molar-refractivity contribution in [2.24, 2.45) is 12.8 Å². The first-order valence-electron chi connectivity index (χ1n) is 5.80. The molecule has 0 fully saturated rings. The molecule has 1 heterocycles. The lowest BCUT2D eigenvalue weighted by atomic mass is 9.88. The Morgan fingerprint density at radius 2 is 2.11 bits per heavy atom. The minimum atomic E-state index is -0.539. The van der Waals surface area contributed by atoms with Crippen LogP contribution in [0.4, 0.5) is 0 Å². The SMILES string of the molecule is COc1ccccc1C(C)(N)Cc1cn(C)nn1. The number of hydrogen-bond donors (Lipinski definition) is 1. The van der Waals surface area contributed by atoms with Gasteiger partial charge in [0.05, 0.1) is 12.8 Å². The van der Waals surface area contributed by atoms with Gasteiger partial charge in [0.15, 0.2) is 0 Å². The first-order valence-corrected chi connectivity index (χ1v) is 5.80. The van der Waals surface area contributed by atoms with Crippen molar-refractivity contribution in [1.29, 1.82) is 0 Å². The largest absolute Gasteiger partial charge is 0.496 e. The zero-order valence-electron chi connectivity index (χ0n) is 10.9. The predicted octanol–water partition coefficient (Wildman–Crippen LogP) is 1.24. The van der Waals surface area contributed by atoms with E-state index in [0.29, 0.717) is 6.42 Å². The lowest BCUT2D eigenvalue weighted by molar-refractivity contribution is 0.385. The van der Waals surface area contributed by atoms with E-state index < -0.39 is 5.54 Å². The molecule has 96 valence electrons. The van der Waals surface area contributed by atoms with E-state index in [9.17, 15) is 0 Å². The fraction of sp³-hybridized carbons (Fsp3) is 0.385. The molecule has 18 heavy (non-hydrogen) atoms. The first kappa shape index (κ1) is 12.6. The highest BCUT2D eigenvalue weighted by molar-refractivity contribution is 5.39. The molecule has 1 atom stereocenters. The molecule has 0 aliphatic heterocycles. The summed E-state index contributed by atoms with van der Waals surface area (Å²) >= 11 is 0. The number of ether oxygens (including phenoxy) is 1. The molecule has 5 heteroatoms. The van der Waals surface area contributed by atoms with Gasteiger partial charge in [0.1, 0.15) is 5.75 Å². The molecule has 1 unspecified atom stereocenters. The van der Waals surface area contributed by atoms with Crippen LogP contribution in [0, 0.1) is 0 Å². The summed E-state index contributed by atoms with van der Waals surface area (Å²) in [6.07, 6.45) is 2.49. The maximum absolute atomic E-state index is 6.40. The van der Waals surface area contributed by atoms with Crippen molar-refractivity contribution in [2.45, 2.75) is 18.9 Å². The maximum atomic E-state index is 6.40. The van der Waals surface area contributed by atoms with Gasteiger partial charge in [-0.05, 0) is 13.0 Å². The number of aryl methyl sites for hydroxylation is 1. The number of benzene rings is 1. The van der Waals surface area contributed by atoms with Crippen molar-refractivity contribution in [3.05, 3.63) is 41.7 Å². The zero-order valence-corrected chi connectivity index (χ0v) is 10.9. The molecule has 2 rings (SSSR count). The quantitative estimate of drug-likeness (QED) is 0.881. The van der Waals surface area contributed by atoms with Crippen molar-refractivity contribution in [3.63, 3.8) is 0 Å². The van der Waals surface area contributed by atoms with Crippen LogP contribution in [0.25, 0.3) is 0 Å². The fourth-order valence-electron chi connectivity index (χ4n) is 2.06. The van der Waals surface area contributed by atoms with Gasteiger partial charge < -0.3 is 10.5 Å². The molecule has 2 N–H and O–H groups in total. The third-order valence-corrected chi connectivity index (χ3v) is 2.92. The molecule has 0 amide bonds. The number of aromatic nitrogens is 3. The highest BCUT2D eigenvalue weighted by atomic mass is 16.5. The summed E-state index contributed by atoms with van der Waals surface area (Å²) < 4.78 is 7.03. The Bertz CT molecular complexity index is 533. The van der Waals surface area contributed by atoms with Crippen LogP contribution >= 0.6 is 0 Å². The molecular formula is C13H18N4O. The summed E-state index contributed by atoms with van der Waals surface area (Å²) in [4.78, 5) is 0. The van der Waals surface area contributed by atoms with Crippen molar-refractivity contribution in [1.82, 2.24) is 15.0 Å². The van der Waals surface area contributed by atoms with Gasteiger partial charge in [-0.2, -0.15) is 0 Å². The van der Waals surface area contributed by atoms with Gasteiger partial charge in [0.2, 0.25) is 0 Å². The molecule has 0 spiro atoms. The summed E-state index contributed by atoms with van der Waals surface area (Å²) in [6.45, 7) is 1.97. The van der Waals surface area contributed by atoms with Crippen LogP contribution in [0.1, 0.15) is 18.2 Å². The minimum absolute atomic E-state index is 0.539. The second-order valence-electron chi connectivity index (χ2n) is 4.68. The first-order chi connectivity index (χ1) is 8.53. The Hall–Kier alpha value is -1.88. The molecule has 0 aliphatic carbocycles. The highest BCUT2D eigenvalue weighted by Gasteiger charge is 2.26. The van der Waals surface area contributed by atoms with Gasteiger partial charge in [0, 0.05) is 30.8 Å².